The summed E-state index contributed by atoms with van der Waals surface area (Å²) >= 11 is 0. The molecule has 1 aliphatic carbocycles. The SMILES string of the molecule is CN(CC1(N2CCCCC2)CCCCC1)C(=O)c1cc(=O)[nH]c2ccccc12. The van der Waals surface area contributed by atoms with E-state index < -0.39 is 0 Å². The number of pyridine rings is 1. The third kappa shape index (κ3) is 3.72. The topological polar surface area (TPSA) is 56.4 Å². The Morgan fingerprint density at radius 1 is 1.07 bits per heavy atom. The van der Waals surface area contributed by atoms with Crippen LogP contribution in [-0.2, 0) is 0 Å². The minimum Gasteiger partial charge on any atom is -0.340 e. The zero-order valence-corrected chi connectivity index (χ0v) is 16.9. The molecular weight excluding hydrogens is 350 g/mol. The first-order valence-electron chi connectivity index (χ1n) is 10.7. The predicted molar refractivity (Wildman–Crippen MR) is 113 cm³/mol. The number of aromatic amines is 1. The fourth-order valence-electron chi connectivity index (χ4n) is 5.25. The third-order valence-corrected chi connectivity index (χ3v) is 6.67. The standard InChI is InChI=1S/C23H31N3O2/c1-25(17-23(12-6-2-7-13-23)26-14-8-3-9-15-26)22(28)19-16-21(27)24-20-11-5-4-10-18(19)20/h4-5,10-11,16H,2-3,6-9,12-15,17H2,1H3,(H,24,27). The molecular formula is C23H31N3O2. The summed E-state index contributed by atoms with van der Waals surface area (Å²) in [7, 11) is 1.90. The molecule has 2 aromatic rings. The molecule has 150 valence electrons. The highest BCUT2D eigenvalue weighted by molar-refractivity contribution is 6.05. The quantitative estimate of drug-likeness (QED) is 0.877. The van der Waals surface area contributed by atoms with E-state index in [9.17, 15) is 9.59 Å². The van der Waals surface area contributed by atoms with Crippen molar-refractivity contribution in [2.75, 3.05) is 26.7 Å². The molecule has 0 radical (unpaired) electrons. The van der Waals surface area contributed by atoms with Crippen LogP contribution in [0.2, 0.25) is 0 Å². The van der Waals surface area contributed by atoms with Crippen molar-refractivity contribution >= 4 is 16.8 Å². The largest absolute Gasteiger partial charge is 0.340 e. The van der Waals surface area contributed by atoms with Crippen LogP contribution in [0.15, 0.2) is 35.1 Å². The first-order valence-corrected chi connectivity index (χ1v) is 10.7. The molecule has 4 rings (SSSR count). The molecule has 1 amide bonds. The molecule has 2 fully saturated rings. The van der Waals surface area contributed by atoms with Crippen LogP contribution in [0.1, 0.15) is 61.7 Å². The Balaban J connectivity index is 1.62. The molecule has 28 heavy (non-hydrogen) atoms. The van der Waals surface area contributed by atoms with Gasteiger partial charge in [0.15, 0.2) is 0 Å². The van der Waals surface area contributed by atoms with Crippen molar-refractivity contribution < 1.29 is 4.79 Å². The number of H-pyrrole nitrogens is 1. The minimum absolute atomic E-state index is 0.0516. The Morgan fingerprint density at radius 2 is 1.75 bits per heavy atom. The number of benzene rings is 1. The number of hydrogen-bond acceptors (Lipinski definition) is 3. The Kier molecular flexibility index (Phi) is 5.54. The Hall–Kier alpha value is -2.14. The molecule has 2 heterocycles. The van der Waals surface area contributed by atoms with E-state index in [1.165, 1.54) is 57.4 Å². The number of likely N-dealkylation sites (N-methyl/N-ethyl adjacent to an activating group) is 1. The van der Waals surface area contributed by atoms with Crippen molar-refractivity contribution in [3.63, 3.8) is 0 Å². The molecule has 1 aliphatic heterocycles. The van der Waals surface area contributed by atoms with Gasteiger partial charge in [0.2, 0.25) is 5.56 Å². The molecule has 5 heteroatoms. The number of carbonyl (C=O) groups is 1. The molecule has 1 saturated carbocycles. The molecule has 1 aromatic carbocycles. The number of para-hydroxylation sites is 1. The lowest BCUT2D eigenvalue weighted by Crippen LogP contribution is -2.58. The van der Waals surface area contributed by atoms with Gasteiger partial charge < -0.3 is 9.88 Å². The van der Waals surface area contributed by atoms with Crippen LogP contribution < -0.4 is 5.56 Å². The highest BCUT2D eigenvalue weighted by atomic mass is 16.2. The third-order valence-electron chi connectivity index (χ3n) is 6.67. The van der Waals surface area contributed by atoms with E-state index in [2.05, 4.69) is 9.88 Å². The summed E-state index contributed by atoms with van der Waals surface area (Å²) in [6.07, 6.45) is 9.96. The van der Waals surface area contributed by atoms with Crippen LogP contribution in [0.4, 0.5) is 0 Å². The summed E-state index contributed by atoms with van der Waals surface area (Å²) in [4.78, 5) is 32.8. The smallest absolute Gasteiger partial charge is 0.254 e. The summed E-state index contributed by atoms with van der Waals surface area (Å²) in [6.45, 7) is 3.04. The van der Waals surface area contributed by atoms with Gasteiger partial charge in [-0.3, -0.25) is 14.5 Å². The lowest BCUT2D eigenvalue weighted by molar-refractivity contribution is 0.00995. The van der Waals surface area contributed by atoms with Gasteiger partial charge in [-0.05, 0) is 44.8 Å². The summed E-state index contributed by atoms with van der Waals surface area (Å²) in [6, 6.07) is 9.00. The number of aromatic nitrogens is 1. The second-order valence-corrected chi connectivity index (χ2v) is 8.59. The van der Waals surface area contributed by atoms with Crippen LogP contribution in [0.3, 0.4) is 0 Å². The van der Waals surface area contributed by atoms with Crippen molar-refractivity contribution in [1.29, 1.82) is 0 Å². The van der Waals surface area contributed by atoms with Crippen molar-refractivity contribution in [3.8, 4) is 0 Å². The van der Waals surface area contributed by atoms with Gasteiger partial charge in [-0.2, -0.15) is 0 Å². The predicted octanol–water partition coefficient (Wildman–Crippen LogP) is 3.79. The summed E-state index contributed by atoms with van der Waals surface area (Å²) in [5.41, 5.74) is 1.10. The lowest BCUT2D eigenvalue weighted by atomic mass is 9.78. The molecule has 1 N–H and O–H groups in total. The Morgan fingerprint density at radius 3 is 2.50 bits per heavy atom. The van der Waals surface area contributed by atoms with E-state index in [1.54, 1.807) is 0 Å². The van der Waals surface area contributed by atoms with E-state index in [0.29, 0.717) is 5.56 Å². The van der Waals surface area contributed by atoms with Gasteiger partial charge >= 0.3 is 0 Å². The van der Waals surface area contributed by atoms with Gasteiger partial charge in [-0.15, -0.1) is 0 Å². The zero-order valence-electron chi connectivity index (χ0n) is 16.9. The highest BCUT2D eigenvalue weighted by Crippen LogP contribution is 2.36. The maximum absolute atomic E-state index is 13.4. The van der Waals surface area contributed by atoms with Crippen molar-refractivity contribution in [2.45, 2.75) is 56.9 Å². The van der Waals surface area contributed by atoms with E-state index in [-0.39, 0.29) is 17.0 Å². The minimum atomic E-state index is -0.223. The van der Waals surface area contributed by atoms with Gasteiger partial charge in [-0.25, -0.2) is 0 Å². The molecule has 2 aliphatic rings. The average Bonchev–Trinajstić information content (AvgIpc) is 2.74. The number of amides is 1. The normalized spacial score (nSPS) is 20.2. The molecule has 0 atom stereocenters. The van der Waals surface area contributed by atoms with E-state index in [0.717, 1.165) is 30.5 Å². The lowest BCUT2D eigenvalue weighted by Gasteiger charge is -2.49. The maximum atomic E-state index is 13.4. The van der Waals surface area contributed by atoms with E-state index in [4.69, 9.17) is 0 Å². The number of carbonyl (C=O) groups excluding carboxylic acids is 1. The van der Waals surface area contributed by atoms with Crippen LogP contribution >= 0.6 is 0 Å². The van der Waals surface area contributed by atoms with E-state index in [1.807, 2.05) is 36.2 Å². The fraction of sp³-hybridized carbons (Fsp3) is 0.565. The van der Waals surface area contributed by atoms with Crippen molar-refractivity contribution in [3.05, 3.63) is 46.2 Å². The first-order chi connectivity index (χ1) is 13.6. The molecule has 1 aromatic heterocycles. The summed E-state index contributed by atoms with van der Waals surface area (Å²) in [5, 5.41) is 0.814. The number of rotatable bonds is 4. The molecule has 1 saturated heterocycles. The summed E-state index contributed by atoms with van der Waals surface area (Å²) in [5.74, 6) is -0.0516. The van der Waals surface area contributed by atoms with Crippen LogP contribution in [0.5, 0.6) is 0 Å². The van der Waals surface area contributed by atoms with Gasteiger partial charge in [-0.1, -0.05) is 43.9 Å². The number of fused-ring (bicyclic) bond motifs is 1. The number of nitrogens with zero attached hydrogens (tertiary/aromatic N) is 2. The molecule has 0 spiro atoms. The monoisotopic (exact) mass is 381 g/mol. The highest BCUT2D eigenvalue weighted by Gasteiger charge is 2.40. The van der Waals surface area contributed by atoms with Crippen LogP contribution in [0, 0.1) is 0 Å². The van der Waals surface area contributed by atoms with E-state index >= 15 is 0 Å². The van der Waals surface area contributed by atoms with Gasteiger partial charge in [0.1, 0.15) is 0 Å². The van der Waals surface area contributed by atoms with Gasteiger partial charge in [0, 0.05) is 36.1 Å². The second-order valence-electron chi connectivity index (χ2n) is 8.59. The van der Waals surface area contributed by atoms with Crippen LogP contribution in [0.25, 0.3) is 10.9 Å². The maximum Gasteiger partial charge on any atom is 0.254 e. The average molecular weight is 382 g/mol. The second kappa shape index (κ2) is 8.08. The molecule has 0 bridgehead atoms. The Labute approximate surface area is 166 Å². The molecule has 5 nitrogen and oxygen atoms in total. The van der Waals surface area contributed by atoms with Gasteiger partial charge in [0.25, 0.3) is 5.91 Å². The van der Waals surface area contributed by atoms with Crippen molar-refractivity contribution in [1.82, 2.24) is 14.8 Å². The molecule has 0 unspecified atom stereocenters. The van der Waals surface area contributed by atoms with Crippen molar-refractivity contribution in [2.24, 2.45) is 0 Å². The Bertz CT molecular complexity index is 892. The fourth-order valence-corrected chi connectivity index (χ4v) is 5.25. The number of hydrogen-bond donors (Lipinski definition) is 1. The van der Waals surface area contributed by atoms with Gasteiger partial charge in [0.05, 0.1) is 5.56 Å². The summed E-state index contributed by atoms with van der Waals surface area (Å²) < 4.78 is 0. The van der Waals surface area contributed by atoms with Crippen LogP contribution in [-0.4, -0.2) is 52.9 Å². The number of piperidine rings is 1. The number of nitrogens with one attached hydrogen (secondary N) is 1. The number of likely N-dealkylation sites (tertiary alicyclic amines) is 1. The first kappa shape index (κ1) is 19.2. The zero-order chi connectivity index (χ0) is 19.6.